The maximum atomic E-state index is 6.11. The Morgan fingerprint density at radius 1 is 1.14 bits per heavy atom. The number of pyridine rings is 1. The normalized spacial score (nSPS) is 16.2. The van der Waals surface area contributed by atoms with Gasteiger partial charge in [0.05, 0.1) is 0 Å². The van der Waals surface area contributed by atoms with E-state index >= 15 is 0 Å². The molecular formula is C21H26N4O3. The van der Waals surface area contributed by atoms with Crippen LogP contribution in [0.3, 0.4) is 0 Å². The summed E-state index contributed by atoms with van der Waals surface area (Å²) in [6, 6.07) is 9.90. The third-order valence-corrected chi connectivity index (χ3v) is 5.00. The molecule has 148 valence electrons. The highest BCUT2D eigenvalue weighted by atomic mass is 16.7. The summed E-state index contributed by atoms with van der Waals surface area (Å²) in [5.41, 5.74) is 2.12. The van der Waals surface area contributed by atoms with E-state index in [0.29, 0.717) is 24.9 Å². The van der Waals surface area contributed by atoms with Crippen molar-refractivity contribution in [1.29, 1.82) is 0 Å². The van der Waals surface area contributed by atoms with Crippen LogP contribution in [0.5, 0.6) is 17.4 Å². The lowest BCUT2D eigenvalue weighted by atomic mass is 10.2. The Morgan fingerprint density at radius 3 is 2.82 bits per heavy atom. The Balaban J connectivity index is 1.32. The predicted molar refractivity (Wildman–Crippen MR) is 107 cm³/mol. The van der Waals surface area contributed by atoms with E-state index in [1.54, 1.807) is 13.2 Å². The van der Waals surface area contributed by atoms with Crippen LogP contribution in [0.1, 0.15) is 36.8 Å². The zero-order valence-electron chi connectivity index (χ0n) is 16.1. The Bertz CT molecular complexity index is 834. The van der Waals surface area contributed by atoms with Crippen LogP contribution in [-0.4, -0.2) is 30.9 Å². The maximum Gasteiger partial charge on any atom is 0.231 e. The van der Waals surface area contributed by atoms with Crippen molar-refractivity contribution >= 4 is 5.96 Å². The van der Waals surface area contributed by atoms with E-state index in [0.717, 1.165) is 35.5 Å². The van der Waals surface area contributed by atoms with Crippen LogP contribution in [0.2, 0.25) is 0 Å². The second-order valence-electron chi connectivity index (χ2n) is 6.96. The summed E-state index contributed by atoms with van der Waals surface area (Å²) in [6.07, 6.45) is 6.77. The zero-order chi connectivity index (χ0) is 19.2. The molecule has 2 heterocycles. The number of nitrogens with one attached hydrogen (secondary N) is 2. The minimum absolute atomic E-state index is 0.284. The van der Waals surface area contributed by atoms with Gasteiger partial charge < -0.3 is 24.8 Å². The van der Waals surface area contributed by atoms with Crippen molar-refractivity contribution in [3.63, 3.8) is 0 Å². The molecule has 1 aromatic carbocycles. The van der Waals surface area contributed by atoms with Gasteiger partial charge in [-0.2, -0.15) is 0 Å². The molecular weight excluding hydrogens is 356 g/mol. The monoisotopic (exact) mass is 382 g/mol. The third-order valence-electron chi connectivity index (χ3n) is 5.00. The number of aliphatic imine (C=N–C) groups is 1. The van der Waals surface area contributed by atoms with Gasteiger partial charge in [-0.3, -0.25) is 4.99 Å². The average Bonchev–Trinajstić information content (AvgIpc) is 3.40. The number of guanidine groups is 1. The Labute approximate surface area is 165 Å². The van der Waals surface area contributed by atoms with E-state index < -0.39 is 0 Å². The number of hydrogen-bond acceptors (Lipinski definition) is 5. The summed E-state index contributed by atoms with van der Waals surface area (Å²) in [7, 11) is 1.76. The number of ether oxygens (including phenoxy) is 3. The summed E-state index contributed by atoms with van der Waals surface area (Å²) < 4.78 is 16.9. The zero-order valence-corrected chi connectivity index (χ0v) is 16.1. The molecule has 1 saturated carbocycles. The molecule has 7 nitrogen and oxygen atoms in total. The number of benzene rings is 1. The second kappa shape index (κ2) is 8.82. The van der Waals surface area contributed by atoms with Crippen LogP contribution < -0.4 is 24.8 Å². The molecule has 0 saturated heterocycles. The average molecular weight is 382 g/mol. The Morgan fingerprint density at radius 2 is 1.96 bits per heavy atom. The first kappa shape index (κ1) is 18.4. The highest BCUT2D eigenvalue weighted by molar-refractivity contribution is 5.79. The molecule has 0 amide bonds. The van der Waals surface area contributed by atoms with Crippen molar-refractivity contribution in [1.82, 2.24) is 15.6 Å². The van der Waals surface area contributed by atoms with E-state index in [1.165, 1.54) is 12.8 Å². The summed E-state index contributed by atoms with van der Waals surface area (Å²) in [6.45, 7) is 1.51. The van der Waals surface area contributed by atoms with E-state index in [-0.39, 0.29) is 12.9 Å². The van der Waals surface area contributed by atoms with Gasteiger partial charge in [0.15, 0.2) is 17.5 Å². The van der Waals surface area contributed by atoms with Crippen LogP contribution >= 0.6 is 0 Å². The van der Waals surface area contributed by atoms with E-state index in [4.69, 9.17) is 14.2 Å². The fraction of sp³-hybridized carbons (Fsp3) is 0.429. The molecule has 1 aromatic heterocycles. The van der Waals surface area contributed by atoms with E-state index in [1.807, 2.05) is 30.3 Å². The van der Waals surface area contributed by atoms with Crippen molar-refractivity contribution in [2.75, 3.05) is 13.8 Å². The van der Waals surface area contributed by atoms with Gasteiger partial charge >= 0.3 is 0 Å². The quantitative estimate of drug-likeness (QED) is 0.591. The lowest BCUT2D eigenvalue weighted by molar-refractivity contribution is 0.174. The molecule has 2 aromatic rings. The lowest BCUT2D eigenvalue weighted by Crippen LogP contribution is -2.36. The van der Waals surface area contributed by atoms with Crippen molar-refractivity contribution in [3.8, 4) is 17.4 Å². The molecule has 0 unspecified atom stereocenters. The first-order valence-electron chi connectivity index (χ1n) is 9.75. The molecule has 0 bridgehead atoms. The summed E-state index contributed by atoms with van der Waals surface area (Å²) in [5, 5.41) is 6.66. The van der Waals surface area contributed by atoms with Gasteiger partial charge in [-0.1, -0.05) is 12.1 Å². The molecule has 2 N–H and O–H groups in total. The molecule has 28 heavy (non-hydrogen) atoms. The highest BCUT2D eigenvalue weighted by Gasteiger charge is 2.18. The molecule has 0 spiro atoms. The highest BCUT2D eigenvalue weighted by Crippen LogP contribution is 2.32. The third kappa shape index (κ3) is 4.47. The van der Waals surface area contributed by atoms with Crippen LogP contribution in [0.15, 0.2) is 41.5 Å². The van der Waals surface area contributed by atoms with Gasteiger partial charge in [0.2, 0.25) is 12.7 Å². The number of aromatic nitrogens is 1. The molecule has 1 fully saturated rings. The maximum absolute atomic E-state index is 6.11. The molecule has 1 aliphatic carbocycles. The Hall–Kier alpha value is -2.96. The van der Waals surface area contributed by atoms with Gasteiger partial charge in [0.1, 0.15) is 6.10 Å². The molecule has 7 heteroatoms. The smallest absolute Gasteiger partial charge is 0.231 e. The minimum atomic E-state index is 0.284. The van der Waals surface area contributed by atoms with E-state index in [9.17, 15) is 0 Å². The van der Waals surface area contributed by atoms with Crippen molar-refractivity contribution in [2.24, 2.45) is 4.99 Å². The van der Waals surface area contributed by atoms with Gasteiger partial charge in [-0.25, -0.2) is 4.98 Å². The number of fused-ring (bicyclic) bond motifs is 1. The molecule has 0 radical (unpaired) electrons. The fourth-order valence-electron chi connectivity index (χ4n) is 3.47. The SMILES string of the molecule is CN=C(NCc1ccc2c(c1)OCO2)NCc1cccnc1OC1CCCC1. The van der Waals surface area contributed by atoms with Gasteiger partial charge in [-0.15, -0.1) is 0 Å². The standard InChI is InChI=1S/C21H26N4O3/c1-22-21(24-12-15-8-9-18-19(11-15)27-14-26-18)25-13-16-5-4-10-23-20(16)28-17-6-2-3-7-17/h4-5,8-11,17H,2-3,6-7,12-14H2,1H3,(H2,22,24,25). The molecule has 0 atom stereocenters. The fourth-order valence-corrected chi connectivity index (χ4v) is 3.47. The van der Waals surface area contributed by atoms with Gasteiger partial charge in [-0.05, 0) is 49.4 Å². The number of nitrogens with zero attached hydrogens (tertiary/aromatic N) is 2. The first-order chi connectivity index (χ1) is 13.8. The first-order valence-corrected chi connectivity index (χ1v) is 9.75. The van der Waals surface area contributed by atoms with Crippen molar-refractivity contribution in [3.05, 3.63) is 47.7 Å². The second-order valence-corrected chi connectivity index (χ2v) is 6.96. The van der Waals surface area contributed by atoms with Crippen molar-refractivity contribution < 1.29 is 14.2 Å². The molecule has 2 aliphatic rings. The summed E-state index contributed by atoms with van der Waals surface area (Å²) in [4.78, 5) is 8.73. The number of rotatable bonds is 6. The molecule has 4 rings (SSSR count). The van der Waals surface area contributed by atoms with Crippen molar-refractivity contribution in [2.45, 2.75) is 44.9 Å². The van der Waals surface area contributed by atoms with Crippen LogP contribution in [-0.2, 0) is 13.1 Å². The summed E-state index contributed by atoms with van der Waals surface area (Å²) in [5.74, 6) is 3.00. The van der Waals surface area contributed by atoms with Gasteiger partial charge in [0.25, 0.3) is 0 Å². The topological polar surface area (TPSA) is 77.0 Å². The largest absolute Gasteiger partial charge is 0.474 e. The summed E-state index contributed by atoms with van der Waals surface area (Å²) >= 11 is 0. The Kier molecular flexibility index (Phi) is 5.80. The number of hydrogen-bond donors (Lipinski definition) is 2. The molecule has 1 aliphatic heterocycles. The minimum Gasteiger partial charge on any atom is -0.474 e. The van der Waals surface area contributed by atoms with E-state index in [2.05, 4.69) is 20.6 Å². The van der Waals surface area contributed by atoms with Crippen LogP contribution in [0, 0.1) is 0 Å². The lowest BCUT2D eigenvalue weighted by Gasteiger charge is -2.17. The van der Waals surface area contributed by atoms with Crippen LogP contribution in [0.4, 0.5) is 0 Å². The van der Waals surface area contributed by atoms with Gasteiger partial charge in [0, 0.05) is 31.9 Å². The predicted octanol–water partition coefficient (Wildman–Crippen LogP) is 3.00. The van der Waals surface area contributed by atoms with Crippen LogP contribution in [0.25, 0.3) is 0 Å².